The highest BCUT2D eigenvalue weighted by Crippen LogP contribution is 2.27. The first-order valence-electron chi connectivity index (χ1n) is 5.74. The van der Waals surface area contributed by atoms with Crippen molar-refractivity contribution < 1.29 is 14.7 Å². The smallest absolute Gasteiger partial charge is 0.352 e. The summed E-state index contributed by atoms with van der Waals surface area (Å²) in [5.74, 6) is -1.08. The van der Waals surface area contributed by atoms with E-state index in [1.807, 2.05) is 32.0 Å². The molecule has 0 bridgehead atoms. The van der Waals surface area contributed by atoms with Gasteiger partial charge in [-0.25, -0.2) is 4.79 Å². The zero-order valence-electron chi connectivity index (χ0n) is 10.4. The number of hydrogen-bond acceptors (Lipinski definition) is 4. The molecule has 1 aromatic carbocycles. The predicted octanol–water partition coefficient (Wildman–Crippen LogP) is 1.21. The largest absolute Gasteiger partial charge is 0.478 e. The Balaban J connectivity index is 2.27. The molecule has 0 aliphatic carbocycles. The summed E-state index contributed by atoms with van der Waals surface area (Å²) in [6, 6.07) is 5.88. The zero-order chi connectivity index (χ0) is 13.3. The Morgan fingerprint density at radius 1 is 1.50 bits per heavy atom. The molecule has 1 aliphatic rings. The Kier molecular flexibility index (Phi) is 3.09. The summed E-state index contributed by atoms with van der Waals surface area (Å²) < 4.78 is 0. The Hall–Kier alpha value is -1.88. The molecule has 0 fully saturated rings. The Morgan fingerprint density at radius 3 is 2.72 bits per heavy atom. The van der Waals surface area contributed by atoms with Crippen molar-refractivity contribution in [2.75, 3.05) is 6.54 Å². The number of nitrogens with zero attached hydrogens (tertiary/aromatic N) is 1. The van der Waals surface area contributed by atoms with Gasteiger partial charge in [0.25, 0.3) is 5.60 Å². The van der Waals surface area contributed by atoms with E-state index in [0.717, 1.165) is 11.1 Å². The first kappa shape index (κ1) is 12.6. The molecular weight excluding hydrogens is 232 g/mol. The third kappa shape index (κ3) is 1.97. The van der Waals surface area contributed by atoms with Crippen molar-refractivity contribution in [2.45, 2.75) is 25.9 Å². The van der Waals surface area contributed by atoms with Crippen LogP contribution >= 0.6 is 0 Å². The lowest BCUT2D eigenvalue weighted by Crippen LogP contribution is -2.45. The molecule has 1 heterocycles. The van der Waals surface area contributed by atoms with Gasteiger partial charge in [0.1, 0.15) is 0 Å². The van der Waals surface area contributed by atoms with Gasteiger partial charge >= 0.3 is 5.97 Å². The number of nitrogens with two attached hydrogens (primary N) is 1. The van der Waals surface area contributed by atoms with E-state index in [9.17, 15) is 4.79 Å². The van der Waals surface area contributed by atoms with Crippen molar-refractivity contribution in [3.63, 3.8) is 0 Å². The summed E-state index contributed by atoms with van der Waals surface area (Å²) in [7, 11) is 0. The minimum absolute atomic E-state index is 0.0970. The second-order valence-corrected chi connectivity index (χ2v) is 4.61. The summed E-state index contributed by atoms with van der Waals surface area (Å²) in [5.41, 5.74) is 7.91. The number of carbonyl (C=O) groups is 1. The van der Waals surface area contributed by atoms with E-state index >= 15 is 0 Å². The quantitative estimate of drug-likeness (QED) is 0.842. The van der Waals surface area contributed by atoms with Crippen LogP contribution in [0.2, 0.25) is 0 Å². The van der Waals surface area contributed by atoms with Crippen LogP contribution in [0.4, 0.5) is 0 Å². The van der Waals surface area contributed by atoms with Crippen LogP contribution in [0, 0.1) is 13.8 Å². The molecule has 0 spiro atoms. The fraction of sp³-hybridized carbons (Fsp3) is 0.385. The highest BCUT2D eigenvalue weighted by Gasteiger charge is 2.46. The SMILES string of the molecule is Cc1ccc(C2=NOC(CN)(C(=O)O)C2)cc1C. The molecule has 0 saturated heterocycles. The number of benzene rings is 1. The van der Waals surface area contributed by atoms with Gasteiger partial charge in [-0.3, -0.25) is 0 Å². The molecule has 2 rings (SSSR count). The Labute approximate surface area is 105 Å². The van der Waals surface area contributed by atoms with Crippen molar-refractivity contribution in [1.29, 1.82) is 0 Å². The number of hydrogen-bond donors (Lipinski definition) is 2. The predicted molar refractivity (Wildman–Crippen MR) is 67.6 cm³/mol. The van der Waals surface area contributed by atoms with Crippen LogP contribution in [-0.2, 0) is 9.63 Å². The second kappa shape index (κ2) is 4.42. The molecule has 0 radical (unpaired) electrons. The normalized spacial score (nSPS) is 22.5. The minimum Gasteiger partial charge on any atom is -0.478 e. The van der Waals surface area contributed by atoms with Crippen molar-refractivity contribution in [3.8, 4) is 0 Å². The molecular formula is C13H16N2O3. The van der Waals surface area contributed by atoms with Crippen LogP contribution in [0.25, 0.3) is 0 Å². The van der Waals surface area contributed by atoms with Crippen molar-refractivity contribution in [3.05, 3.63) is 34.9 Å². The van der Waals surface area contributed by atoms with Crippen LogP contribution in [-0.4, -0.2) is 28.9 Å². The first-order chi connectivity index (χ1) is 8.48. The van der Waals surface area contributed by atoms with Gasteiger partial charge in [-0.1, -0.05) is 17.3 Å². The number of rotatable bonds is 3. The van der Waals surface area contributed by atoms with Crippen molar-refractivity contribution in [1.82, 2.24) is 0 Å². The van der Waals surface area contributed by atoms with Gasteiger partial charge in [0.15, 0.2) is 0 Å². The molecule has 1 atom stereocenters. The first-order valence-corrected chi connectivity index (χ1v) is 5.74. The molecule has 0 amide bonds. The molecule has 5 heteroatoms. The Bertz CT molecular complexity index is 525. The number of oxime groups is 1. The number of carboxylic acid groups (broad SMARTS) is 1. The van der Waals surface area contributed by atoms with E-state index in [-0.39, 0.29) is 13.0 Å². The summed E-state index contributed by atoms with van der Waals surface area (Å²) in [6.45, 7) is 3.93. The molecule has 18 heavy (non-hydrogen) atoms. The maximum Gasteiger partial charge on any atom is 0.352 e. The lowest BCUT2D eigenvalue weighted by atomic mass is 9.93. The topological polar surface area (TPSA) is 84.9 Å². The van der Waals surface area contributed by atoms with Gasteiger partial charge in [-0.05, 0) is 36.6 Å². The van der Waals surface area contributed by atoms with Crippen molar-refractivity contribution >= 4 is 11.7 Å². The van der Waals surface area contributed by atoms with Crippen LogP contribution in [0.5, 0.6) is 0 Å². The molecule has 3 N–H and O–H groups in total. The van der Waals surface area contributed by atoms with Crippen LogP contribution < -0.4 is 5.73 Å². The van der Waals surface area contributed by atoms with E-state index < -0.39 is 11.6 Å². The van der Waals surface area contributed by atoms with Crippen LogP contribution in [0.3, 0.4) is 0 Å². The lowest BCUT2D eigenvalue weighted by molar-refractivity contribution is -0.161. The Morgan fingerprint density at radius 2 is 2.22 bits per heavy atom. The summed E-state index contributed by atoms with van der Waals surface area (Å²) in [6.07, 6.45) is 0.196. The molecule has 0 aromatic heterocycles. The van der Waals surface area contributed by atoms with Gasteiger partial charge in [0.05, 0.1) is 5.71 Å². The van der Waals surface area contributed by atoms with E-state index in [1.54, 1.807) is 0 Å². The second-order valence-electron chi connectivity index (χ2n) is 4.61. The summed E-state index contributed by atoms with van der Waals surface area (Å²) in [5, 5.41) is 13.0. The maximum absolute atomic E-state index is 11.2. The average molecular weight is 248 g/mol. The highest BCUT2D eigenvalue weighted by molar-refractivity contribution is 6.04. The van der Waals surface area contributed by atoms with E-state index in [4.69, 9.17) is 15.7 Å². The molecule has 5 nitrogen and oxygen atoms in total. The standard InChI is InChI=1S/C13H16N2O3/c1-8-3-4-10(5-9(8)2)11-6-13(7-14,12(16)17)18-15-11/h3-5H,6-7,14H2,1-2H3,(H,16,17). The lowest BCUT2D eigenvalue weighted by Gasteiger charge is -2.18. The van der Waals surface area contributed by atoms with Gasteiger partial charge < -0.3 is 15.7 Å². The zero-order valence-corrected chi connectivity index (χ0v) is 10.4. The minimum atomic E-state index is -1.41. The third-order valence-electron chi connectivity index (χ3n) is 3.34. The van der Waals surface area contributed by atoms with Crippen LogP contribution in [0.15, 0.2) is 23.4 Å². The third-order valence-corrected chi connectivity index (χ3v) is 3.34. The maximum atomic E-state index is 11.2. The molecule has 1 aliphatic heterocycles. The highest BCUT2D eigenvalue weighted by atomic mass is 16.7. The molecule has 1 aromatic rings. The van der Waals surface area contributed by atoms with E-state index in [0.29, 0.717) is 5.71 Å². The van der Waals surface area contributed by atoms with Crippen molar-refractivity contribution in [2.24, 2.45) is 10.9 Å². The average Bonchev–Trinajstić information content (AvgIpc) is 2.78. The molecule has 0 saturated carbocycles. The van der Waals surface area contributed by atoms with Crippen LogP contribution in [0.1, 0.15) is 23.1 Å². The molecule has 1 unspecified atom stereocenters. The monoisotopic (exact) mass is 248 g/mol. The summed E-state index contributed by atoms with van der Waals surface area (Å²) >= 11 is 0. The van der Waals surface area contributed by atoms with Gasteiger partial charge in [-0.15, -0.1) is 0 Å². The fourth-order valence-electron chi connectivity index (χ4n) is 1.86. The van der Waals surface area contributed by atoms with Gasteiger partial charge in [-0.2, -0.15) is 0 Å². The van der Waals surface area contributed by atoms with Gasteiger partial charge in [0, 0.05) is 13.0 Å². The van der Waals surface area contributed by atoms with E-state index in [2.05, 4.69) is 5.16 Å². The van der Waals surface area contributed by atoms with Gasteiger partial charge in [0.2, 0.25) is 0 Å². The fourth-order valence-corrected chi connectivity index (χ4v) is 1.86. The number of aliphatic carboxylic acids is 1. The van der Waals surface area contributed by atoms with E-state index in [1.165, 1.54) is 5.56 Å². The summed E-state index contributed by atoms with van der Waals surface area (Å²) in [4.78, 5) is 16.2. The number of aryl methyl sites for hydroxylation is 2. The molecule has 96 valence electrons. The number of carboxylic acids is 1.